The van der Waals surface area contributed by atoms with E-state index in [4.69, 9.17) is 0 Å². The first-order valence-corrected chi connectivity index (χ1v) is 6.77. The molecule has 110 valence electrons. The third-order valence-corrected chi connectivity index (χ3v) is 3.10. The van der Waals surface area contributed by atoms with Gasteiger partial charge >= 0.3 is 0 Å². The minimum absolute atomic E-state index is 0.208. The molecule has 0 aliphatic heterocycles. The SMILES string of the molecule is C[C@H](NC(=O)c1cccnc1)c1nc(-c2cccnc2)n[nH]1. The molecule has 2 N–H and O–H groups in total. The highest BCUT2D eigenvalue weighted by Gasteiger charge is 2.15. The molecule has 3 aromatic heterocycles. The van der Waals surface area contributed by atoms with Gasteiger partial charge in [-0.05, 0) is 31.2 Å². The first-order chi connectivity index (χ1) is 10.7. The van der Waals surface area contributed by atoms with Crippen molar-refractivity contribution < 1.29 is 4.79 Å². The molecule has 0 aliphatic carbocycles. The van der Waals surface area contributed by atoms with Gasteiger partial charge in [-0.25, -0.2) is 4.98 Å². The van der Waals surface area contributed by atoms with Crippen LogP contribution < -0.4 is 5.32 Å². The van der Waals surface area contributed by atoms with Crippen molar-refractivity contribution in [1.29, 1.82) is 0 Å². The summed E-state index contributed by atoms with van der Waals surface area (Å²) in [5, 5.41) is 9.84. The van der Waals surface area contributed by atoms with E-state index in [-0.39, 0.29) is 11.9 Å². The second kappa shape index (κ2) is 6.13. The molecule has 0 saturated carbocycles. The maximum absolute atomic E-state index is 12.1. The highest BCUT2D eigenvalue weighted by Crippen LogP contribution is 2.15. The van der Waals surface area contributed by atoms with Gasteiger partial charge in [0, 0.05) is 30.4 Å². The number of H-pyrrole nitrogens is 1. The zero-order chi connectivity index (χ0) is 15.4. The van der Waals surface area contributed by atoms with Crippen molar-refractivity contribution in [2.24, 2.45) is 0 Å². The van der Waals surface area contributed by atoms with Crippen molar-refractivity contribution in [3.8, 4) is 11.4 Å². The molecule has 22 heavy (non-hydrogen) atoms. The number of hydrogen-bond acceptors (Lipinski definition) is 5. The highest BCUT2D eigenvalue weighted by molar-refractivity contribution is 5.94. The van der Waals surface area contributed by atoms with Crippen LogP contribution >= 0.6 is 0 Å². The lowest BCUT2D eigenvalue weighted by molar-refractivity contribution is 0.0938. The Morgan fingerprint density at radius 3 is 2.64 bits per heavy atom. The number of carbonyl (C=O) groups excluding carboxylic acids is 1. The smallest absolute Gasteiger partial charge is 0.253 e. The molecule has 0 aliphatic rings. The summed E-state index contributed by atoms with van der Waals surface area (Å²) in [6, 6.07) is 6.81. The summed E-state index contributed by atoms with van der Waals surface area (Å²) in [5.41, 5.74) is 1.32. The van der Waals surface area contributed by atoms with Gasteiger partial charge < -0.3 is 5.32 Å². The first-order valence-electron chi connectivity index (χ1n) is 6.77. The quantitative estimate of drug-likeness (QED) is 0.764. The topological polar surface area (TPSA) is 96.5 Å². The van der Waals surface area contributed by atoms with E-state index in [0.29, 0.717) is 17.2 Å². The van der Waals surface area contributed by atoms with E-state index in [1.165, 1.54) is 6.20 Å². The lowest BCUT2D eigenvalue weighted by Gasteiger charge is -2.10. The van der Waals surface area contributed by atoms with Gasteiger partial charge in [0.1, 0.15) is 5.82 Å². The van der Waals surface area contributed by atoms with Crippen LogP contribution in [0.15, 0.2) is 49.1 Å². The van der Waals surface area contributed by atoms with Crippen LogP contribution in [0.5, 0.6) is 0 Å². The van der Waals surface area contributed by atoms with E-state index < -0.39 is 0 Å². The van der Waals surface area contributed by atoms with Crippen LogP contribution in [0.25, 0.3) is 11.4 Å². The van der Waals surface area contributed by atoms with E-state index in [9.17, 15) is 4.79 Å². The Morgan fingerprint density at radius 1 is 1.18 bits per heavy atom. The number of rotatable bonds is 4. The standard InChI is InChI=1S/C15H14N6O/c1-10(18-15(22)12-5-3-7-17-9-12)13-19-14(21-20-13)11-4-2-6-16-8-11/h2-10H,1H3,(H,18,22)(H,19,20,21)/t10-/m0/s1. The highest BCUT2D eigenvalue weighted by atomic mass is 16.1. The second-order valence-electron chi connectivity index (χ2n) is 4.72. The Kier molecular flexibility index (Phi) is 3.86. The van der Waals surface area contributed by atoms with Crippen molar-refractivity contribution in [2.75, 3.05) is 0 Å². The Balaban J connectivity index is 1.72. The van der Waals surface area contributed by atoms with Gasteiger partial charge in [0.25, 0.3) is 5.91 Å². The fourth-order valence-electron chi connectivity index (χ4n) is 1.94. The van der Waals surface area contributed by atoms with Gasteiger partial charge in [-0.2, -0.15) is 5.10 Å². The average molecular weight is 294 g/mol. The van der Waals surface area contributed by atoms with Crippen molar-refractivity contribution >= 4 is 5.91 Å². The van der Waals surface area contributed by atoms with Crippen molar-refractivity contribution in [3.05, 3.63) is 60.4 Å². The van der Waals surface area contributed by atoms with Crippen LogP contribution in [0.4, 0.5) is 0 Å². The van der Waals surface area contributed by atoms with E-state index in [2.05, 4.69) is 30.5 Å². The summed E-state index contributed by atoms with van der Waals surface area (Å²) < 4.78 is 0. The average Bonchev–Trinajstić information content (AvgIpc) is 3.06. The van der Waals surface area contributed by atoms with Crippen LogP contribution in [-0.4, -0.2) is 31.1 Å². The van der Waals surface area contributed by atoms with E-state index in [1.54, 1.807) is 30.7 Å². The lowest BCUT2D eigenvalue weighted by atomic mass is 10.2. The molecule has 0 radical (unpaired) electrons. The number of aromatic nitrogens is 5. The number of nitrogens with one attached hydrogen (secondary N) is 2. The summed E-state index contributed by atoms with van der Waals surface area (Å²) in [6.45, 7) is 1.84. The summed E-state index contributed by atoms with van der Waals surface area (Å²) in [7, 11) is 0. The number of carbonyl (C=O) groups is 1. The predicted molar refractivity (Wildman–Crippen MR) is 79.7 cm³/mol. The third kappa shape index (κ3) is 2.98. The molecule has 0 spiro atoms. The largest absolute Gasteiger partial charge is 0.342 e. The Morgan fingerprint density at radius 2 is 1.95 bits per heavy atom. The molecule has 1 amide bonds. The number of amides is 1. The predicted octanol–water partition coefficient (Wildman–Crippen LogP) is 1.75. The van der Waals surface area contributed by atoms with Crippen molar-refractivity contribution in [3.63, 3.8) is 0 Å². The fraction of sp³-hybridized carbons (Fsp3) is 0.133. The van der Waals surface area contributed by atoms with Gasteiger partial charge in [0.2, 0.25) is 0 Å². The molecule has 0 unspecified atom stereocenters. The van der Waals surface area contributed by atoms with E-state index >= 15 is 0 Å². The van der Waals surface area contributed by atoms with E-state index in [0.717, 1.165) is 5.56 Å². The van der Waals surface area contributed by atoms with Gasteiger partial charge in [-0.3, -0.25) is 19.9 Å². The normalized spacial score (nSPS) is 11.9. The minimum atomic E-state index is -0.300. The molecule has 1 atom stereocenters. The molecule has 3 aromatic rings. The summed E-state index contributed by atoms with van der Waals surface area (Å²) >= 11 is 0. The fourth-order valence-corrected chi connectivity index (χ4v) is 1.94. The van der Waals surface area contributed by atoms with Crippen LogP contribution in [0, 0.1) is 0 Å². The molecule has 0 fully saturated rings. The minimum Gasteiger partial charge on any atom is -0.342 e. The molecule has 0 saturated heterocycles. The Labute approximate surface area is 126 Å². The second-order valence-corrected chi connectivity index (χ2v) is 4.72. The summed E-state index contributed by atoms with van der Waals surface area (Å²) in [4.78, 5) is 24.4. The number of aromatic amines is 1. The first kappa shape index (κ1) is 13.9. The Hall–Kier alpha value is -3.09. The molecule has 7 heteroatoms. The van der Waals surface area contributed by atoms with Crippen LogP contribution in [0.3, 0.4) is 0 Å². The van der Waals surface area contributed by atoms with Gasteiger partial charge in [-0.15, -0.1) is 0 Å². The number of pyridine rings is 2. The van der Waals surface area contributed by atoms with Gasteiger partial charge in [0.05, 0.1) is 11.6 Å². The van der Waals surface area contributed by atoms with Gasteiger partial charge in [-0.1, -0.05) is 0 Å². The third-order valence-electron chi connectivity index (χ3n) is 3.10. The molecular formula is C15H14N6O. The molecule has 7 nitrogen and oxygen atoms in total. The maximum Gasteiger partial charge on any atom is 0.253 e. The number of nitrogens with zero attached hydrogens (tertiary/aromatic N) is 4. The van der Waals surface area contributed by atoms with Crippen molar-refractivity contribution in [1.82, 2.24) is 30.5 Å². The molecule has 3 rings (SSSR count). The number of hydrogen-bond donors (Lipinski definition) is 2. The van der Waals surface area contributed by atoms with Gasteiger partial charge in [0.15, 0.2) is 5.82 Å². The van der Waals surface area contributed by atoms with Crippen LogP contribution in [0.1, 0.15) is 29.1 Å². The zero-order valence-electron chi connectivity index (χ0n) is 11.9. The van der Waals surface area contributed by atoms with E-state index in [1.807, 2.05) is 19.1 Å². The summed E-state index contributed by atoms with van der Waals surface area (Å²) in [6.07, 6.45) is 6.51. The lowest BCUT2D eigenvalue weighted by Crippen LogP contribution is -2.27. The molecule has 3 heterocycles. The maximum atomic E-state index is 12.1. The molecule has 0 bridgehead atoms. The van der Waals surface area contributed by atoms with Crippen molar-refractivity contribution in [2.45, 2.75) is 13.0 Å². The monoisotopic (exact) mass is 294 g/mol. The molecular weight excluding hydrogens is 280 g/mol. The van der Waals surface area contributed by atoms with Crippen LogP contribution in [-0.2, 0) is 0 Å². The Bertz CT molecular complexity index is 756. The van der Waals surface area contributed by atoms with Crippen LogP contribution in [0.2, 0.25) is 0 Å². The summed E-state index contributed by atoms with van der Waals surface area (Å²) in [5.74, 6) is 0.918. The zero-order valence-corrected chi connectivity index (χ0v) is 11.9. The molecule has 0 aromatic carbocycles.